The summed E-state index contributed by atoms with van der Waals surface area (Å²) in [5.74, 6) is 0.806. The van der Waals surface area contributed by atoms with Crippen LogP contribution >= 0.6 is 23.1 Å². The van der Waals surface area contributed by atoms with E-state index in [0.29, 0.717) is 0 Å². The van der Waals surface area contributed by atoms with Gasteiger partial charge in [-0.2, -0.15) is 0 Å². The van der Waals surface area contributed by atoms with E-state index >= 15 is 0 Å². The summed E-state index contributed by atoms with van der Waals surface area (Å²) in [6, 6.07) is 15.9. The molecule has 0 atom stereocenters. The molecule has 2 heterocycles. The summed E-state index contributed by atoms with van der Waals surface area (Å²) in [5.41, 5.74) is 2.06. The molecule has 0 aliphatic heterocycles. The average Bonchev–Trinajstić information content (AvgIpc) is 2.95. The van der Waals surface area contributed by atoms with Crippen LogP contribution in [0.15, 0.2) is 59.1 Å². The fourth-order valence-corrected chi connectivity index (χ4v) is 3.27. The van der Waals surface area contributed by atoms with Crippen LogP contribution in [0.25, 0.3) is 0 Å². The predicted octanol–water partition coefficient (Wildman–Crippen LogP) is 3.97. The van der Waals surface area contributed by atoms with Gasteiger partial charge in [0.1, 0.15) is 0 Å². The summed E-state index contributed by atoms with van der Waals surface area (Å²) in [7, 11) is 0. The Balaban J connectivity index is 1.60. The van der Waals surface area contributed by atoms with Crippen LogP contribution in [0.4, 0.5) is 10.8 Å². The Morgan fingerprint density at radius 3 is 2.65 bits per heavy atom. The lowest BCUT2D eigenvalue weighted by atomic mass is 10.3. The van der Waals surface area contributed by atoms with Gasteiger partial charge in [-0.1, -0.05) is 47.4 Å². The molecule has 0 bridgehead atoms. The van der Waals surface area contributed by atoms with E-state index in [1.54, 1.807) is 29.3 Å². The second kappa shape index (κ2) is 6.49. The molecular weight excluding hydrogens is 288 g/mol. The summed E-state index contributed by atoms with van der Waals surface area (Å²) < 4.78 is 0.939. The lowest BCUT2D eigenvalue weighted by Crippen LogP contribution is -1.87. The summed E-state index contributed by atoms with van der Waals surface area (Å²) >= 11 is 3.20. The number of pyridine rings is 1. The van der Waals surface area contributed by atoms with Gasteiger partial charge < -0.3 is 5.32 Å². The zero-order valence-corrected chi connectivity index (χ0v) is 12.2. The molecule has 1 aromatic carbocycles. The Labute approximate surface area is 125 Å². The molecule has 0 saturated carbocycles. The lowest BCUT2D eigenvalue weighted by molar-refractivity contribution is 1.01. The van der Waals surface area contributed by atoms with Crippen molar-refractivity contribution in [3.05, 3.63) is 60.4 Å². The normalized spacial score (nSPS) is 10.4. The standard InChI is InChI=1S/C14H12N4S2/c1-2-6-11(7-3-1)16-13-17-18-14(20-13)19-10-12-8-4-5-9-15-12/h1-9H,10H2,(H,16,17). The number of hydrogen-bond acceptors (Lipinski definition) is 6. The van der Waals surface area contributed by atoms with E-state index in [-0.39, 0.29) is 0 Å². The quantitative estimate of drug-likeness (QED) is 0.723. The van der Waals surface area contributed by atoms with Gasteiger partial charge in [0.05, 0.1) is 5.69 Å². The maximum atomic E-state index is 4.29. The van der Waals surface area contributed by atoms with Gasteiger partial charge in [0.2, 0.25) is 5.13 Å². The molecule has 0 unspecified atom stereocenters. The summed E-state index contributed by atoms with van der Waals surface area (Å²) in [6.45, 7) is 0. The van der Waals surface area contributed by atoms with Crippen molar-refractivity contribution in [2.75, 3.05) is 5.32 Å². The summed E-state index contributed by atoms with van der Waals surface area (Å²) in [5, 5.41) is 12.4. The van der Waals surface area contributed by atoms with Gasteiger partial charge in [0, 0.05) is 17.6 Å². The SMILES string of the molecule is c1ccc(Nc2nnc(SCc3ccccn3)s2)cc1. The number of nitrogens with one attached hydrogen (secondary N) is 1. The van der Waals surface area contributed by atoms with Gasteiger partial charge in [-0.05, 0) is 24.3 Å². The first kappa shape index (κ1) is 13.1. The Morgan fingerprint density at radius 1 is 1.00 bits per heavy atom. The molecule has 0 aliphatic carbocycles. The number of hydrogen-bond donors (Lipinski definition) is 1. The van der Waals surface area contributed by atoms with E-state index < -0.39 is 0 Å². The van der Waals surface area contributed by atoms with Crippen LogP contribution in [0, 0.1) is 0 Å². The highest BCUT2D eigenvalue weighted by Gasteiger charge is 2.05. The maximum Gasteiger partial charge on any atom is 0.210 e. The third kappa shape index (κ3) is 3.55. The first-order chi connectivity index (χ1) is 9.90. The Morgan fingerprint density at radius 2 is 1.85 bits per heavy atom. The molecule has 0 amide bonds. The number of para-hydroxylation sites is 1. The van der Waals surface area contributed by atoms with Gasteiger partial charge >= 0.3 is 0 Å². The molecule has 4 nitrogen and oxygen atoms in total. The van der Waals surface area contributed by atoms with Gasteiger partial charge in [-0.15, -0.1) is 10.2 Å². The Hall–Kier alpha value is -1.92. The highest BCUT2D eigenvalue weighted by Crippen LogP contribution is 2.29. The number of anilines is 2. The molecule has 0 fully saturated rings. The zero-order valence-electron chi connectivity index (χ0n) is 10.6. The monoisotopic (exact) mass is 300 g/mol. The fourth-order valence-electron chi connectivity index (χ4n) is 1.58. The van der Waals surface area contributed by atoms with Crippen LogP contribution in [0.5, 0.6) is 0 Å². The largest absolute Gasteiger partial charge is 0.330 e. The summed E-state index contributed by atoms with van der Waals surface area (Å²) in [6.07, 6.45) is 1.80. The van der Waals surface area contributed by atoms with Gasteiger partial charge in [0.25, 0.3) is 0 Å². The minimum absolute atomic E-state index is 0.805. The molecule has 100 valence electrons. The van der Waals surface area contributed by atoms with Crippen molar-refractivity contribution < 1.29 is 0 Å². The molecular formula is C14H12N4S2. The molecule has 3 aromatic rings. The average molecular weight is 300 g/mol. The molecule has 0 aliphatic rings. The summed E-state index contributed by atoms with van der Waals surface area (Å²) in [4.78, 5) is 4.29. The number of benzene rings is 1. The molecule has 0 radical (unpaired) electrons. The Kier molecular flexibility index (Phi) is 4.25. The molecule has 3 rings (SSSR count). The van der Waals surface area contributed by atoms with E-state index in [4.69, 9.17) is 0 Å². The molecule has 1 N–H and O–H groups in total. The van der Waals surface area contributed by atoms with Crippen molar-refractivity contribution in [3.63, 3.8) is 0 Å². The van der Waals surface area contributed by atoms with Gasteiger partial charge in [0.15, 0.2) is 4.34 Å². The van der Waals surface area contributed by atoms with Crippen molar-refractivity contribution >= 4 is 33.9 Å². The number of aromatic nitrogens is 3. The van der Waals surface area contributed by atoms with E-state index in [2.05, 4.69) is 20.5 Å². The van der Waals surface area contributed by atoms with Crippen molar-refractivity contribution in [1.82, 2.24) is 15.2 Å². The minimum Gasteiger partial charge on any atom is -0.330 e. The van der Waals surface area contributed by atoms with Crippen molar-refractivity contribution in [2.45, 2.75) is 10.1 Å². The van der Waals surface area contributed by atoms with E-state index in [0.717, 1.165) is 26.6 Å². The van der Waals surface area contributed by atoms with Crippen LogP contribution in [0.1, 0.15) is 5.69 Å². The number of nitrogens with zero attached hydrogens (tertiary/aromatic N) is 3. The van der Waals surface area contributed by atoms with Crippen LogP contribution in [-0.2, 0) is 5.75 Å². The predicted molar refractivity (Wildman–Crippen MR) is 83.4 cm³/mol. The third-order valence-corrected chi connectivity index (χ3v) is 4.51. The van der Waals surface area contributed by atoms with Gasteiger partial charge in [-0.25, -0.2) is 0 Å². The fraction of sp³-hybridized carbons (Fsp3) is 0.0714. The Bertz CT molecular complexity index is 655. The third-order valence-electron chi connectivity index (χ3n) is 2.50. The van der Waals surface area contributed by atoms with Crippen LogP contribution in [0.2, 0.25) is 0 Å². The topological polar surface area (TPSA) is 50.7 Å². The maximum absolute atomic E-state index is 4.29. The second-order valence-electron chi connectivity index (χ2n) is 3.97. The van der Waals surface area contributed by atoms with E-state index in [9.17, 15) is 0 Å². The number of rotatable bonds is 5. The van der Waals surface area contributed by atoms with Crippen LogP contribution in [0.3, 0.4) is 0 Å². The van der Waals surface area contributed by atoms with Crippen molar-refractivity contribution in [1.29, 1.82) is 0 Å². The van der Waals surface area contributed by atoms with E-state index in [1.165, 1.54) is 0 Å². The first-order valence-corrected chi connectivity index (χ1v) is 7.89. The van der Waals surface area contributed by atoms with Crippen molar-refractivity contribution in [3.8, 4) is 0 Å². The van der Waals surface area contributed by atoms with Gasteiger partial charge in [-0.3, -0.25) is 4.98 Å². The second-order valence-corrected chi connectivity index (χ2v) is 6.17. The zero-order chi connectivity index (χ0) is 13.6. The molecule has 20 heavy (non-hydrogen) atoms. The highest BCUT2D eigenvalue weighted by atomic mass is 32.2. The minimum atomic E-state index is 0.805. The van der Waals surface area contributed by atoms with Crippen LogP contribution < -0.4 is 5.32 Å². The van der Waals surface area contributed by atoms with Crippen LogP contribution in [-0.4, -0.2) is 15.2 Å². The van der Waals surface area contributed by atoms with E-state index in [1.807, 2.05) is 48.5 Å². The van der Waals surface area contributed by atoms with Crippen molar-refractivity contribution in [2.24, 2.45) is 0 Å². The number of thioether (sulfide) groups is 1. The molecule has 0 spiro atoms. The smallest absolute Gasteiger partial charge is 0.210 e. The first-order valence-electron chi connectivity index (χ1n) is 6.08. The lowest BCUT2D eigenvalue weighted by Gasteiger charge is -1.99. The molecule has 0 saturated heterocycles. The molecule has 2 aromatic heterocycles. The molecule has 6 heteroatoms. The highest BCUT2D eigenvalue weighted by molar-refractivity contribution is 8.00.